The second kappa shape index (κ2) is 10.1. The summed E-state index contributed by atoms with van der Waals surface area (Å²) in [5.41, 5.74) is 2.11. The van der Waals surface area contributed by atoms with Gasteiger partial charge in [-0.15, -0.1) is 0 Å². The van der Waals surface area contributed by atoms with Gasteiger partial charge >= 0.3 is 0 Å². The number of benzene rings is 2. The molecule has 0 bridgehead atoms. The first-order chi connectivity index (χ1) is 16.4. The molecule has 1 fully saturated rings. The molecule has 2 amide bonds. The van der Waals surface area contributed by atoms with Crippen molar-refractivity contribution in [2.45, 2.75) is 19.8 Å². The highest BCUT2D eigenvalue weighted by atomic mass is 16.6. The van der Waals surface area contributed by atoms with E-state index in [1.54, 1.807) is 41.4 Å². The maximum atomic E-state index is 13.0. The molecule has 9 nitrogen and oxygen atoms in total. The van der Waals surface area contributed by atoms with Crippen LogP contribution in [-0.4, -0.2) is 39.7 Å². The van der Waals surface area contributed by atoms with E-state index < -0.39 is 4.92 Å². The van der Waals surface area contributed by atoms with Gasteiger partial charge in [0.25, 0.3) is 11.6 Å². The van der Waals surface area contributed by atoms with Crippen LogP contribution >= 0.6 is 0 Å². The van der Waals surface area contributed by atoms with Crippen molar-refractivity contribution in [1.29, 1.82) is 0 Å². The Morgan fingerprint density at radius 3 is 2.47 bits per heavy atom. The number of amides is 2. The summed E-state index contributed by atoms with van der Waals surface area (Å²) in [7, 11) is 0. The predicted molar refractivity (Wildman–Crippen MR) is 129 cm³/mol. The Bertz CT molecular complexity index is 1210. The van der Waals surface area contributed by atoms with E-state index in [4.69, 9.17) is 0 Å². The van der Waals surface area contributed by atoms with Gasteiger partial charge in [0.2, 0.25) is 5.91 Å². The Hall–Kier alpha value is -4.27. The number of pyridine rings is 1. The zero-order valence-corrected chi connectivity index (χ0v) is 18.7. The zero-order valence-electron chi connectivity index (χ0n) is 18.7. The number of nitrogens with zero attached hydrogens (tertiary/aromatic N) is 3. The number of hydrogen-bond donors (Lipinski definition) is 2. The fraction of sp³-hybridized carbons (Fsp3) is 0.240. The van der Waals surface area contributed by atoms with E-state index in [1.807, 2.05) is 31.2 Å². The lowest BCUT2D eigenvalue weighted by molar-refractivity contribution is -0.383. The lowest BCUT2D eigenvalue weighted by Crippen LogP contribution is -2.41. The van der Waals surface area contributed by atoms with E-state index in [9.17, 15) is 19.7 Å². The molecule has 1 saturated heterocycles. The summed E-state index contributed by atoms with van der Waals surface area (Å²) < 4.78 is 0. The molecule has 0 saturated carbocycles. The highest BCUT2D eigenvalue weighted by Gasteiger charge is 2.29. The van der Waals surface area contributed by atoms with Crippen molar-refractivity contribution >= 4 is 34.7 Å². The van der Waals surface area contributed by atoms with Gasteiger partial charge in [0, 0.05) is 42.5 Å². The van der Waals surface area contributed by atoms with Crippen LogP contribution in [0.15, 0.2) is 66.9 Å². The molecule has 174 valence electrons. The van der Waals surface area contributed by atoms with Gasteiger partial charge < -0.3 is 15.5 Å². The number of carbonyl (C=O) groups excluding carboxylic acids is 2. The molecule has 2 aromatic carbocycles. The van der Waals surface area contributed by atoms with Crippen molar-refractivity contribution in [2.24, 2.45) is 5.92 Å². The van der Waals surface area contributed by atoms with Crippen LogP contribution in [0.1, 0.15) is 28.8 Å². The first kappa shape index (κ1) is 22.9. The number of aryl methyl sites for hydroxylation is 1. The van der Waals surface area contributed by atoms with Crippen LogP contribution in [0.5, 0.6) is 0 Å². The standard InChI is InChI=1S/C25H25N5O4/c1-17-9-12-26-23(15-17)28-24(31)18-10-13-29(14-11-18)25(32)19-7-8-21(22(16-19)30(33)34)27-20-5-3-2-4-6-20/h2-9,12,15-16,18,27H,10-11,13-14H2,1H3,(H,26,28,31). The number of carbonyl (C=O) groups is 2. The molecular weight excluding hydrogens is 434 g/mol. The molecule has 34 heavy (non-hydrogen) atoms. The number of hydrogen-bond acceptors (Lipinski definition) is 6. The Morgan fingerprint density at radius 1 is 1.06 bits per heavy atom. The van der Waals surface area contributed by atoms with Crippen LogP contribution in [-0.2, 0) is 4.79 Å². The second-order valence-electron chi connectivity index (χ2n) is 8.25. The van der Waals surface area contributed by atoms with Gasteiger partial charge in [0.05, 0.1) is 4.92 Å². The van der Waals surface area contributed by atoms with Crippen LogP contribution in [0.25, 0.3) is 0 Å². The molecule has 0 aliphatic carbocycles. The van der Waals surface area contributed by atoms with E-state index in [2.05, 4.69) is 15.6 Å². The van der Waals surface area contributed by atoms with Gasteiger partial charge in [-0.2, -0.15) is 0 Å². The third-order valence-corrected chi connectivity index (χ3v) is 5.81. The zero-order chi connectivity index (χ0) is 24.1. The molecule has 1 aliphatic rings. The molecule has 2 N–H and O–H groups in total. The number of rotatable bonds is 6. The number of nitro groups is 1. The summed E-state index contributed by atoms with van der Waals surface area (Å²) in [5, 5.41) is 17.5. The molecule has 9 heteroatoms. The summed E-state index contributed by atoms with van der Waals surface area (Å²) >= 11 is 0. The molecular formula is C25H25N5O4. The van der Waals surface area contributed by atoms with Gasteiger partial charge in [-0.3, -0.25) is 19.7 Å². The van der Waals surface area contributed by atoms with Gasteiger partial charge in [-0.1, -0.05) is 18.2 Å². The Labute approximate surface area is 197 Å². The molecule has 1 aliphatic heterocycles. The Balaban J connectivity index is 1.40. The molecule has 0 atom stereocenters. The first-order valence-corrected chi connectivity index (χ1v) is 11.0. The maximum Gasteiger partial charge on any atom is 0.293 e. The summed E-state index contributed by atoms with van der Waals surface area (Å²) in [6.45, 7) is 2.72. The van der Waals surface area contributed by atoms with Gasteiger partial charge in [-0.25, -0.2) is 4.98 Å². The monoisotopic (exact) mass is 459 g/mol. The highest BCUT2D eigenvalue weighted by molar-refractivity contribution is 5.96. The maximum absolute atomic E-state index is 13.0. The number of likely N-dealkylation sites (tertiary alicyclic amines) is 1. The van der Waals surface area contributed by atoms with Crippen molar-refractivity contribution in [2.75, 3.05) is 23.7 Å². The van der Waals surface area contributed by atoms with Crippen molar-refractivity contribution in [3.8, 4) is 0 Å². The van der Waals surface area contributed by atoms with Crippen molar-refractivity contribution < 1.29 is 14.5 Å². The molecule has 2 heterocycles. The summed E-state index contributed by atoms with van der Waals surface area (Å²) in [5.74, 6) is -0.107. The minimum absolute atomic E-state index is 0.114. The summed E-state index contributed by atoms with van der Waals surface area (Å²) in [4.78, 5) is 42.6. The number of piperidine rings is 1. The minimum atomic E-state index is -0.502. The number of nitro benzene ring substituents is 1. The second-order valence-corrected chi connectivity index (χ2v) is 8.25. The highest BCUT2D eigenvalue weighted by Crippen LogP contribution is 2.30. The van der Waals surface area contributed by atoms with Gasteiger partial charge in [0.1, 0.15) is 11.5 Å². The van der Waals surface area contributed by atoms with Crippen LogP contribution in [0.2, 0.25) is 0 Å². The molecule has 3 aromatic rings. The predicted octanol–water partition coefficient (Wildman–Crippen LogP) is 4.53. The number of para-hydroxylation sites is 1. The largest absolute Gasteiger partial charge is 0.350 e. The smallest absolute Gasteiger partial charge is 0.293 e. The van der Waals surface area contributed by atoms with E-state index in [-0.39, 0.29) is 29.0 Å². The van der Waals surface area contributed by atoms with E-state index in [0.29, 0.717) is 43.1 Å². The van der Waals surface area contributed by atoms with Gasteiger partial charge in [0.15, 0.2) is 0 Å². The van der Waals surface area contributed by atoms with Crippen LogP contribution < -0.4 is 10.6 Å². The van der Waals surface area contributed by atoms with Crippen LogP contribution in [0, 0.1) is 23.0 Å². The van der Waals surface area contributed by atoms with E-state index in [0.717, 1.165) is 5.56 Å². The molecule has 4 rings (SSSR count). The quantitative estimate of drug-likeness (QED) is 0.413. The van der Waals surface area contributed by atoms with Crippen molar-refractivity contribution in [3.05, 3.63) is 88.1 Å². The molecule has 0 spiro atoms. The normalized spacial score (nSPS) is 13.9. The fourth-order valence-corrected chi connectivity index (χ4v) is 3.96. The Morgan fingerprint density at radius 2 is 1.79 bits per heavy atom. The van der Waals surface area contributed by atoms with Crippen LogP contribution in [0.4, 0.5) is 22.9 Å². The van der Waals surface area contributed by atoms with E-state index in [1.165, 1.54) is 6.07 Å². The molecule has 0 radical (unpaired) electrons. The summed E-state index contributed by atoms with van der Waals surface area (Å²) in [6.07, 6.45) is 2.67. The average molecular weight is 460 g/mol. The first-order valence-electron chi connectivity index (χ1n) is 11.0. The third-order valence-electron chi connectivity index (χ3n) is 5.81. The van der Waals surface area contributed by atoms with Crippen molar-refractivity contribution in [3.63, 3.8) is 0 Å². The fourth-order valence-electron chi connectivity index (χ4n) is 3.96. The molecule has 1 aromatic heterocycles. The topological polar surface area (TPSA) is 117 Å². The third kappa shape index (κ3) is 5.37. The van der Waals surface area contributed by atoms with E-state index >= 15 is 0 Å². The van der Waals surface area contributed by atoms with Crippen LogP contribution in [0.3, 0.4) is 0 Å². The number of anilines is 3. The molecule has 0 unspecified atom stereocenters. The van der Waals surface area contributed by atoms with Crippen molar-refractivity contribution in [1.82, 2.24) is 9.88 Å². The number of aromatic nitrogens is 1. The summed E-state index contributed by atoms with van der Waals surface area (Å²) in [6, 6.07) is 17.2. The SMILES string of the molecule is Cc1ccnc(NC(=O)C2CCN(C(=O)c3ccc(Nc4ccccc4)c([N+](=O)[O-])c3)CC2)c1. The lowest BCUT2D eigenvalue weighted by atomic mass is 9.95. The minimum Gasteiger partial charge on any atom is -0.350 e. The average Bonchev–Trinajstić information content (AvgIpc) is 2.84. The number of nitrogens with one attached hydrogen (secondary N) is 2. The lowest BCUT2D eigenvalue weighted by Gasteiger charge is -2.31. The Kier molecular flexibility index (Phi) is 6.82. The van der Waals surface area contributed by atoms with Gasteiger partial charge in [-0.05, 0) is 61.7 Å².